The number of azo groups is 1. The van der Waals surface area contributed by atoms with E-state index in [9.17, 15) is 19.2 Å². The number of rotatable bonds is 5. The Bertz CT molecular complexity index is 1090. The fraction of sp³-hybridized carbons (Fsp3) is 0.130. The second kappa shape index (κ2) is 7.67. The van der Waals surface area contributed by atoms with Crippen molar-refractivity contribution in [2.75, 3.05) is 0 Å². The van der Waals surface area contributed by atoms with Crippen LogP contribution in [0.3, 0.4) is 0 Å². The number of hydrogen-bond acceptors (Lipinski definition) is 6. The minimum Gasteiger partial charge on any atom is -0.291 e. The van der Waals surface area contributed by atoms with Crippen molar-refractivity contribution in [3.8, 4) is 0 Å². The number of aryl methyl sites for hydroxylation is 1. The molecule has 4 rings (SSSR count). The Hall–Kier alpha value is -3.80. The van der Waals surface area contributed by atoms with Crippen LogP contribution in [0.4, 0.5) is 5.69 Å². The molecule has 0 N–H and O–H groups in total. The average Bonchev–Trinajstić information content (AvgIpc) is 2.98. The maximum Gasteiger partial charge on any atom is 0.197 e. The smallest absolute Gasteiger partial charge is 0.197 e. The highest BCUT2D eigenvalue weighted by Crippen LogP contribution is 2.25. The molecule has 2 aromatic rings. The molecule has 0 unspecified atom stereocenters. The van der Waals surface area contributed by atoms with E-state index in [1.54, 1.807) is 36.4 Å². The number of Topliss-reactive ketones (excluding diaryl/α,β-unsaturated/α-hetero) is 2. The molecule has 0 aliphatic heterocycles. The number of ketones is 4. The van der Waals surface area contributed by atoms with Crippen LogP contribution >= 0.6 is 0 Å². The number of nitrogens with zero attached hydrogens (tertiary/aromatic N) is 2. The third-order valence-electron chi connectivity index (χ3n) is 4.89. The molecule has 142 valence electrons. The minimum absolute atomic E-state index is 0.137. The van der Waals surface area contributed by atoms with E-state index in [1.165, 1.54) is 18.2 Å². The molecular formula is C23H16N2O4. The summed E-state index contributed by atoms with van der Waals surface area (Å²) in [4.78, 5) is 47.8. The normalized spacial score (nSPS) is 16.6. The standard InChI is InChI=1S/C23H16N2O4/c26-17-11-12-20(27)15(13-17)8-5-14-6-9-16(10-7-14)24-25-21-22(28)18-3-1-2-4-19(18)23(21)29/h1-4,6-7,9-13,21H,5,8H2/b25-24+. The zero-order chi connectivity index (χ0) is 20.4. The SMILES string of the molecule is O=C1C=CC(=O)C(CCc2ccc(/N=N/C3C(=O)c4ccccc4C3=O)cc2)=C1. The Morgan fingerprint density at radius 2 is 1.41 bits per heavy atom. The molecule has 0 fully saturated rings. The summed E-state index contributed by atoms with van der Waals surface area (Å²) in [6, 6.07) is 12.7. The van der Waals surface area contributed by atoms with Crippen molar-refractivity contribution in [2.45, 2.75) is 18.9 Å². The molecule has 0 heterocycles. The van der Waals surface area contributed by atoms with Gasteiger partial charge in [-0.1, -0.05) is 36.4 Å². The number of fused-ring (bicyclic) bond motifs is 1. The van der Waals surface area contributed by atoms with Gasteiger partial charge in [0.2, 0.25) is 0 Å². The third-order valence-corrected chi connectivity index (χ3v) is 4.89. The fourth-order valence-electron chi connectivity index (χ4n) is 3.32. The summed E-state index contributed by atoms with van der Waals surface area (Å²) in [6.45, 7) is 0. The topological polar surface area (TPSA) is 93.0 Å². The first-order valence-electron chi connectivity index (χ1n) is 9.17. The second-order valence-corrected chi connectivity index (χ2v) is 6.83. The van der Waals surface area contributed by atoms with Crippen LogP contribution in [0.2, 0.25) is 0 Å². The van der Waals surface area contributed by atoms with Gasteiger partial charge in [0.1, 0.15) is 0 Å². The molecule has 0 bridgehead atoms. The van der Waals surface area contributed by atoms with Crippen LogP contribution in [-0.2, 0) is 16.0 Å². The Morgan fingerprint density at radius 1 is 0.759 bits per heavy atom. The van der Waals surface area contributed by atoms with E-state index >= 15 is 0 Å². The van der Waals surface area contributed by atoms with Gasteiger partial charge in [-0.05, 0) is 48.8 Å². The molecule has 2 aromatic carbocycles. The lowest BCUT2D eigenvalue weighted by Crippen LogP contribution is -2.18. The quantitative estimate of drug-likeness (QED) is 0.445. The Balaban J connectivity index is 1.40. The van der Waals surface area contributed by atoms with Gasteiger partial charge in [0, 0.05) is 16.7 Å². The summed E-state index contributed by atoms with van der Waals surface area (Å²) in [6.07, 6.45) is 5.01. The lowest BCUT2D eigenvalue weighted by molar-refractivity contribution is -0.114. The van der Waals surface area contributed by atoms with Crippen LogP contribution in [0.1, 0.15) is 32.7 Å². The fourth-order valence-corrected chi connectivity index (χ4v) is 3.32. The molecule has 2 aliphatic rings. The van der Waals surface area contributed by atoms with Gasteiger partial charge in [0.05, 0.1) is 5.69 Å². The lowest BCUT2D eigenvalue weighted by atomic mass is 9.97. The zero-order valence-corrected chi connectivity index (χ0v) is 15.4. The third kappa shape index (κ3) is 3.78. The molecular weight excluding hydrogens is 368 g/mol. The summed E-state index contributed by atoms with van der Waals surface area (Å²) in [5.41, 5.74) is 2.77. The summed E-state index contributed by atoms with van der Waals surface area (Å²) in [5.74, 6) is -0.976. The second-order valence-electron chi connectivity index (χ2n) is 6.83. The van der Waals surface area contributed by atoms with Crippen molar-refractivity contribution in [1.29, 1.82) is 0 Å². The first-order chi connectivity index (χ1) is 14.0. The Labute approximate surface area is 166 Å². The van der Waals surface area contributed by atoms with Gasteiger partial charge < -0.3 is 0 Å². The highest BCUT2D eigenvalue weighted by Gasteiger charge is 2.38. The summed E-state index contributed by atoms with van der Waals surface area (Å²) >= 11 is 0. The number of benzene rings is 2. The molecule has 0 amide bonds. The van der Waals surface area contributed by atoms with Gasteiger partial charge >= 0.3 is 0 Å². The first-order valence-corrected chi connectivity index (χ1v) is 9.17. The van der Waals surface area contributed by atoms with Crippen molar-refractivity contribution >= 4 is 28.8 Å². The van der Waals surface area contributed by atoms with Crippen molar-refractivity contribution in [1.82, 2.24) is 0 Å². The van der Waals surface area contributed by atoms with Gasteiger partial charge in [-0.15, -0.1) is 0 Å². The van der Waals surface area contributed by atoms with E-state index in [4.69, 9.17) is 0 Å². The summed E-state index contributed by atoms with van der Waals surface area (Å²) < 4.78 is 0. The molecule has 0 aromatic heterocycles. The number of carbonyl (C=O) groups excluding carboxylic acids is 4. The molecule has 6 heteroatoms. The van der Waals surface area contributed by atoms with E-state index in [0.717, 1.165) is 5.56 Å². The average molecular weight is 384 g/mol. The summed E-state index contributed by atoms with van der Waals surface area (Å²) in [7, 11) is 0. The zero-order valence-electron chi connectivity index (χ0n) is 15.4. The van der Waals surface area contributed by atoms with Crippen molar-refractivity contribution < 1.29 is 19.2 Å². The predicted molar refractivity (Wildman–Crippen MR) is 105 cm³/mol. The van der Waals surface area contributed by atoms with E-state index in [1.807, 2.05) is 12.1 Å². The molecule has 0 spiro atoms. The van der Waals surface area contributed by atoms with Crippen LogP contribution in [0.25, 0.3) is 0 Å². The largest absolute Gasteiger partial charge is 0.291 e. The Morgan fingerprint density at radius 3 is 2.07 bits per heavy atom. The highest BCUT2D eigenvalue weighted by atomic mass is 16.2. The van der Waals surface area contributed by atoms with Crippen LogP contribution in [0, 0.1) is 0 Å². The molecule has 0 saturated carbocycles. The van der Waals surface area contributed by atoms with Crippen molar-refractivity contribution in [3.63, 3.8) is 0 Å². The maximum absolute atomic E-state index is 12.3. The lowest BCUT2D eigenvalue weighted by Gasteiger charge is -2.07. The van der Waals surface area contributed by atoms with Crippen LogP contribution in [0.5, 0.6) is 0 Å². The van der Waals surface area contributed by atoms with Gasteiger partial charge in [-0.2, -0.15) is 10.2 Å². The molecule has 29 heavy (non-hydrogen) atoms. The maximum atomic E-state index is 12.3. The van der Waals surface area contributed by atoms with E-state index < -0.39 is 6.04 Å². The van der Waals surface area contributed by atoms with Crippen LogP contribution < -0.4 is 0 Å². The van der Waals surface area contributed by atoms with Crippen LogP contribution in [-0.4, -0.2) is 29.2 Å². The highest BCUT2D eigenvalue weighted by molar-refractivity contribution is 6.29. The van der Waals surface area contributed by atoms with Crippen LogP contribution in [0.15, 0.2) is 82.6 Å². The Kier molecular flexibility index (Phi) is 4.91. The molecule has 0 saturated heterocycles. The van der Waals surface area contributed by atoms with E-state index in [-0.39, 0.29) is 23.1 Å². The number of carbonyl (C=O) groups is 4. The predicted octanol–water partition coefficient (Wildman–Crippen LogP) is 3.79. The van der Waals surface area contributed by atoms with Crippen molar-refractivity contribution in [3.05, 3.63) is 89.0 Å². The molecule has 0 radical (unpaired) electrons. The van der Waals surface area contributed by atoms with E-state index in [2.05, 4.69) is 10.2 Å². The first kappa shape index (κ1) is 18.6. The minimum atomic E-state index is -1.12. The van der Waals surface area contributed by atoms with Gasteiger partial charge in [0.15, 0.2) is 29.2 Å². The van der Waals surface area contributed by atoms with Gasteiger partial charge in [0.25, 0.3) is 0 Å². The monoisotopic (exact) mass is 384 g/mol. The number of allylic oxidation sites excluding steroid dienone is 4. The molecule has 6 nitrogen and oxygen atoms in total. The molecule has 2 aliphatic carbocycles. The summed E-state index contributed by atoms with van der Waals surface area (Å²) in [5, 5.41) is 8.01. The molecule has 0 atom stereocenters. The van der Waals surface area contributed by atoms with Crippen molar-refractivity contribution in [2.24, 2.45) is 10.2 Å². The number of hydrogen-bond donors (Lipinski definition) is 0. The van der Waals surface area contributed by atoms with Gasteiger partial charge in [-0.3, -0.25) is 19.2 Å². The van der Waals surface area contributed by atoms with E-state index in [0.29, 0.717) is 35.2 Å². The van der Waals surface area contributed by atoms with Gasteiger partial charge in [-0.25, -0.2) is 0 Å².